The van der Waals surface area contributed by atoms with Crippen molar-refractivity contribution in [2.75, 3.05) is 19.8 Å². The van der Waals surface area contributed by atoms with E-state index >= 15 is 0 Å². The number of esters is 1. The number of fused-ring (bicyclic) bond motifs is 7. The summed E-state index contributed by atoms with van der Waals surface area (Å²) in [6.45, 7) is 12.4. The van der Waals surface area contributed by atoms with Gasteiger partial charge in [0.2, 0.25) is 0 Å². The summed E-state index contributed by atoms with van der Waals surface area (Å²) < 4.78 is 18.7. The summed E-state index contributed by atoms with van der Waals surface area (Å²) in [6.07, 6.45) is -0.979. The molecule has 0 aromatic heterocycles. The van der Waals surface area contributed by atoms with E-state index in [0.29, 0.717) is 31.2 Å². The molecule has 0 bridgehead atoms. The van der Waals surface area contributed by atoms with E-state index in [1.165, 1.54) is 5.57 Å². The molecular weight excluding hydrogens is 692 g/mol. The molecule has 0 amide bonds. The number of carbonyl (C=O) groups excluding carboxylic acids is 1. The Hall–Kier alpha value is -1.93. The van der Waals surface area contributed by atoms with Gasteiger partial charge in [-0.25, -0.2) is 4.79 Å². The standard InChI is InChI=1S/C43H64O11/c1-38(2)18-26-25-12-13-29-39(3)16-15-31(54-37-35(50)34(49)33(48)27(21-44)52-37)40(4,22-45)28(39)14-17-41(29,5)42(25,6)20-32(43(26,23-46)19-30(38)47)53-36(51)24-10-8-7-9-11-24/h7-12,26-35,37,44-50H,13-23H2,1-6H3/t26-,27-,28+,29?,30-,31+,32+,33-,34+,35-,37+,39-,40+,41+,42-,43-/m1/s1. The molecule has 1 aliphatic heterocycles. The first kappa shape index (κ1) is 40.3. The van der Waals surface area contributed by atoms with Gasteiger partial charge in [-0.05, 0) is 103 Å². The van der Waals surface area contributed by atoms with Gasteiger partial charge >= 0.3 is 5.97 Å². The van der Waals surface area contributed by atoms with Crippen LogP contribution >= 0.6 is 0 Å². The lowest BCUT2D eigenvalue weighted by Crippen LogP contribution is -2.69. The minimum Gasteiger partial charge on any atom is -0.458 e. The van der Waals surface area contributed by atoms with E-state index in [9.17, 15) is 40.5 Å². The first-order chi connectivity index (χ1) is 25.4. The molecule has 7 rings (SSSR count). The molecular formula is C43H64O11. The van der Waals surface area contributed by atoms with Crippen LogP contribution in [0.1, 0.15) is 103 Å². The highest BCUT2D eigenvalue weighted by atomic mass is 16.7. The fourth-order valence-electron chi connectivity index (χ4n) is 13.2. The molecule has 1 aromatic carbocycles. The van der Waals surface area contributed by atoms with Gasteiger partial charge < -0.3 is 50.0 Å². The zero-order valence-electron chi connectivity index (χ0n) is 32.9. The minimum atomic E-state index is -1.55. The zero-order valence-corrected chi connectivity index (χ0v) is 32.9. The van der Waals surface area contributed by atoms with Gasteiger partial charge in [-0.2, -0.15) is 0 Å². The van der Waals surface area contributed by atoms with Gasteiger partial charge in [0, 0.05) is 10.8 Å². The van der Waals surface area contributed by atoms with Crippen LogP contribution in [0, 0.1) is 50.2 Å². The van der Waals surface area contributed by atoms with Crippen molar-refractivity contribution < 1.29 is 54.8 Å². The summed E-state index contributed by atoms with van der Waals surface area (Å²) in [4.78, 5) is 13.8. The zero-order chi connectivity index (χ0) is 39.2. The maximum atomic E-state index is 13.8. The molecule has 11 nitrogen and oxygen atoms in total. The largest absolute Gasteiger partial charge is 0.458 e. The van der Waals surface area contributed by atoms with E-state index in [1.54, 1.807) is 12.1 Å². The maximum absolute atomic E-state index is 13.8. The molecule has 5 fully saturated rings. The third-order valence-electron chi connectivity index (χ3n) is 16.8. The molecule has 6 aliphatic rings. The smallest absolute Gasteiger partial charge is 0.338 e. The third-order valence-corrected chi connectivity index (χ3v) is 16.8. The molecule has 4 saturated carbocycles. The summed E-state index contributed by atoms with van der Waals surface area (Å²) in [5.74, 6) is -0.286. The van der Waals surface area contributed by atoms with Gasteiger partial charge in [0.1, 0.15) is 30.5 Å². The first-order valence-corrected chi connectivity index (χ1v) is 20.2. The number of aliphatic hydroxyl groups is 7. The Balaban J connectivity index is 1.24. The van der Waals surface area contributed by atoms with E-state index in [1.807, 2.05) is 25.1 Å². The molecule has 302 valence electrons. The Morgan fingerprint density at radius 1 is 0.815 bits per heavy atom. The number of allylic oxidation sites excluding steroid dienone is 2. The molecule has 11 heteroatoms. The van der Waals surface area contributed by atoms with Gasteiger partial charge in [0.15, 0.2) is 6.29 Å². The number of hydrogen-bond acceptors (Lipinski definition) is 11. The lowest BCUT2D eigenvalue weighted by Gasteiger charge is -2.72. The van der Waals surface area contributed by atoms with E-state index in [0.717, 1.165) is 25.7 Å². The summed E-state index contributed by atoms with van der Waals surface area (Å²) in [7, 11) is 0. The highest BCUT2D eigenvalue weighted by Gasteiger charge is 2.71. The van der Waals surface area contributed by atoms with Crippen molar-refractivity contribution in [2.24, 2.45) is 50.2 Å². The first-order valence-electron chi connectivity index (χ1n) is 20.2. The van der Waals surface area contributed by atoms with E-state index < -0.39 is 83.3 Å². The second-order valence-corrected chi connectivity index (χ2v) is 19.6. The van der Waals surface area contributed by atoms with Crippen LogP contribution < -0.4 is 0 Å². The lowest BCUT2D eigenvalue weighted by molar-refractivity contribution is -0.333. The average molecular weight is 757 g/mol. The second-order valence-electron chi connectivity index (χ2n) is 19.6. The molecule has 1 saturated heterocycles. The Kier molecular flexibility index (Phi) is 10.3. The van der Waals surface area contributed by atoms with Crippen LogP contribution in [0.2, 0.25) is 0 Å². The Bertz CT molecular complexity index is 1580. The molecule has 54 heavy (non-hydrogen) atoms. The van der Waals surface area contributed by atoms with Crippen molar-refractivity contribution in [2.45, 2.75) is 142 Å². The van der Waals surface area contributed by atoms with Crippen molar-refractivity contribution >= 4 is 5.97 Å². The van der Waals surface area contributed by atoms with Crippen molar-refractivity contribution in [1.82, 2.24) is 0 Å². The molecule has 7 N–H and O–H groups in total. The molecule has 1 aromatic rings. The van der Waals surface area contributed by atoms with Crippen LogP contribution in [0.3, 0.4) is 0 Å². The maximum Gasteiger partial charge on any atom is 0.338 e. The third kappa shape index (κ3) is 5.73. The van der Waals surface area contributed by atoms with E-state index in [4.69, 9.17) is 14.2 Å². The normalized spacial score (nSPS) is 49.7. The number of benzene rings is 1. The predicted octanol–water partition coefficient (Wildman–Crippen LogP) is 3.74. The van der Waals surface area contributed by atoms with Gasteiger partial charge in [0.05, 0.1) is 37.6 Å². The van der Waals surface area contributed by atoms with Gasteiger partial charge in [-0.1, -0.05) is 71.4 Å². The highest BCUT2D eigenvalue weighted by Crippen LogP contribution is 2.76. The quantitative estimate of drug-likeness (QED) is 0.122. The topological polar surface area (TPSA) is 186 Å². The van der Waals surface area contributed by atoms with Crippen LogP contribution in [0.25, 0.3) is 0 Å². The monoisotopic (exact) mass is 756 g/mol. The second kappa shape index (κ2) is 13.9. The number of hydrogen-bond donors (Lipinski definition) is 7. The van der Waals surface area contributed by atoms with Crippen LogP contribution in [0.15, 0.2) is 42.0 Å². The van der Waals surface area contributed by atoms with Crippen molar-refractivity contribution in [3.8, 4) is 0 Å². The van der Waals surface area contributed by atoms with Crippen molar-refractivity contribution in [1.29, 1.82) is 0 Å². The van der Waals surface area contributed by atoms with Gasteiger partial charge in [-0.3, -0.25) is 0 Å². The summed E-state index contributed by atoms with van der Waals surface area (Å²) >= 11 is 0. The van der Waals surface area contributed by atoms with Crippen LogP contribution in [-0.2, 0) is 14.2 Å². The molecule has 16 atom stereocenters. The number of rotatable bonds is 7. The van der Waals surface area contributed by atoms with Crippen LogP contribution in [0.5, 0.6) is 0 Å². The van der Waals surface area contributed by atoms with Crippen LogP contribution in [0.4, 0.5) is 0 Å². The van der Waals surface area contributed by atoms with Crippen LogP contribution in [-0.4, -0.2) is 111 Å². The van der Waals surface area contributed by atoms with E-state index in [-0.39, 0.29) is 41.8 Å². The molecule has 0 radical (unpaired) electrons. The molecule has 1 unspecified atom stereocenters. The highest BCUT2D eigenvalue weighted by molar-refractivity contribution is 5.89. The van der Waals surface area contributed by atoms with Crippen molar-refractivity contribution in [3.05, 3.63) is 47.5 Å². The Morgan fingerprint density at radius 2 is 1.52 bits per heavy atom. The molecule has 1 heterocycles. The Morgan fingerprint density at radius 3 is 2.17 bits per heavy atom. The summed E-state index contributed by atoms with van der Waals surface area (Å²) in [5, 5.41) is 75.5. The SMILES string of the molecule is CC1(C)C[C@@H]2C3=CCC4[C@]5(C)CC[C@H](O[C@@H]6O[C@H](CO)[C@@H](O)[C@H](O)[C@H]6O)[C@@](C)(CO)[C@H]5CC[C@]4(C)[C@]3(C)C[C@H](OC(=O)c3ccccc3)[C@@]2(CO)C[C@H]1O. The summed E-state index contributed by atoms with van der Waals surface area (Å²) in [5.41, 5.74) is -1.05. The summed E-state index contributed by atoms with van der Waals surface area (Å²) in [6, 6.07) is 8.97. The molecule has 5 aliphatic carbocycles. The number of ether oxygens (including phenoxy) is 3. The van der Waals surface area contributed by atoms with E-state index in [2.05, 4.69) is 40.7 Å². The fraction of sp³-hybridized carbons (Fsp3) is 0.791. The minimum absolute atomic E-state index is 0.0332. The Labute approximate surface area is 319 Å². The van der Waals surface area contributed by atoms with Crippen molar-refractivity contribution in [3.63, 3.8) is 0 Å². The average Bonchev–Trinajstić information content (AvgIpc) is 3.14. The fourth-order valence-corrected chi connectivity index (χ4v) is 13.2. The predicted molar refractivity (Wildman–Crippen MR) is 199 cm³/mol. The number of aliphatic hydroxyl groups excluding tert-OH is 7. The molecule has 0 spiro atoms. The lowest BCUT2D eigenvalue weighted by atomic mass is 9.33. The van der Waals surface area contributed by atoms with Gasteiger partial charge in [-0.15, -0.1) is 0 Å². The number of carbonyl (C=O) groups is 1. The van der Waals surface area contributed by atoms with Gasteiger partial charge in [0.25, 0.3) is 0 Å².